The second-order valence-corrected chi connectivity index (χ2v) is 6.12. The van der Waals surface area contributed by atoms with Crippen molar-refractivity contribution >= 4 is 22.9 Å². The Morgan fingerprint density at radius 1 is 1.26 bits per heavy atom. The third kappa shape index (κ3) is 3.80. The number of halogens is 1. The minimum atomic E-state index is 0.0600. The van der Waals surface area contributed by atoms with Crippen LogP contribution >= 0.6 is 22.9 Å². The van der Waals surface area contributed by atoms with Gasteiger partial charge in [0.15, 0.2) is 0 Å². The molecule has 0 spiro atoms. The highest BCUT2D eigenvalue weighted by atomic mass is 35.5. The second-order valence-electron chi connectivity index (χ2n) is 4.90. The van der Waals surface area contributed by atoms with Gasteiger partial charge in [0.2, 0.25) is 0 Å². The van der Waals surface area contributed by atoms with Crippen molar-refractivity contribution in [2.75, 3.05) is 7.05 Å². The molecular weight excluding hydrogens is 276 g/mol. The summed E-state index contributed by atoms with van der Waals surface area (Å²) in [6.07, 6.45) is 0. The molecule has 0 aliphatic heterocycles. The Hall–Kier alpha value is -0.870. The third-order valence-corrected chi connectivity index (χ3v) is 4.18. The molecule has 2 nitrogen and oxygen atoms in total. The topological polar surface area (TPSA) is 29.3 Å². The lowest BCUT2D eigenvalue weighted by atomic mass is 9.99. The van der Waals surface area contributed by atoms with Crippen LogP contribution in [0.1, 0.15) is 24.1 Å². The highest BCUT2D eigenvalue weighted by molar-refractivity contribution is 7.07. The maximum absolute atomic E-state index is 6.16. The summed E-state index contributed by atoms with van der Waals surface area (Å²) in [5, 5.41) is 5.04. The minimum Gasteiger partial charge on any atom is -0.326 e. The van der Waals surface area contributed by atoms with E-state index in [1.807, 2.05) is 19.1 Å². The van der Waals surface area contributed by atoms with Crippen molar-refractivity contribution in [3.63, 3.8) is 0 Å². The van der Waals surface area contributed by atoms with Crippen molar-refractivity contribution in [3.8, 4) is 0 Å². The molecule has 2 unspecified atom stereocenters. The summed E-state index contributed by atoms with van der Waals surface area (Å²) < 4.78 is 0. The molecule has 0 aliphatic carbocycles. The Bertz CT molecular complexity index is 493. The zero-order valence-corrected chi connectivity index (χ0v) is 12.8. The molecule has 0 saturated carbocycles. The smallest absolute Gasteiger partial charge is 0.0496 e. The number of nitrogens with two attached hydrogens (primary N) is 1. The predicted octanol–water partition coefficient (Wildman–Crippen LogP) is 3.92. The fraction of sp³-hybridized carbons (Fsp3) is 0.333. The molecule has 0 fully saturated rings. The fourth-order valence-corrected chi connectivity index (χ4v) is 3.17. The minimum absolute atomic E-state index is 0.0600. The molecule has 2 aromatic rings. The number of hydrogen-bond acceptors (Lipinski definition) is 3. The number of likely N-dealkylation sites (N-methyl/N-ethyl adjacent to an activating group) is 1. The molecule has 102 valence electrons. The summed E-state index contributed by atoms with van der Waals surface area (Å²) >= 11 is 7.67. The van der Waals surface area contributed by atoms with E-state index in [0.29, 0.717) is 0 Å². The van der Waals surface area contributed by atoms with Gasteiger partial charge in [0.1, 0.15) is 0 Å². The van der Waals surface area contributed by atoms with Crippen LogP contribution in [0.15, 0.2) is 41.1 Å². The van der Waals surface area contributed by atoms with Gasteiger partial charge in [-0.1, -0.05) is 23.7 Å². The second kappa shape index (κ2) is 6.53. The Labute approximate surface area is 123 Å². The molecule has 0 amide bonds. The van der Waals surface area contributed by atoms with E-state index < -0.39 is 0 Å². The molecule has 1 aromatic carbocycles. The number of rotatable bonds is 5. The van der Waals surface area contributed by atoms with Gasteiger partial charge in [-0.2, -0.15) is 11.3 Å². The van der Waals surface area contributed by atoms with E-state index in [-0.39, 0.29) is 12.1 Å². The van der Waals surface area contributed by atoms with Gasteiger partial charge in [-0.15, -0.1) is 0 Å². The average molecular weight is 295 g/mol. The van der Waals surface area contributed by atoms with Crippen LogP contribution < -0.4 is 5.73 Å². The van der Waals surface area contributed by atoms with Crippen LogP contribution in [-0.2, 0) is 6.54 Å². The predicted molar refractivity (Wildman–Crippen MR) is 83.6 cm³/mol. The van der Waals surface area contributed by atoms with Crippen LogP contribution in [0, 0.1) is 0 Å². The van der Waals surface area contributed by atoms with E-state index in [2.05, 4.69) is 40.9 Å². The first-order valence-corrected chi connectivity index (χ1v) is 7.62. The zero-order chi connectivity index (χ0) is 13.8. The van der Waals surface area contributed by atoms with E-state index in [1.165, 1.54) is 11.1 Å². The molecule has 0 bridgehead atoms. The van der Waals surface area contributed by atoms with Crippen LogP contribution in [0.4, 0.5) is 0 Å². The number of hydrogen-bond donors (Lipinski definition) is 1. The van der Waals surface area contributed by atoms with Gasteiger partial charge in [0.25, 0.3) is 0 Å². The van der Waals surface area contributed by atoms with Crippen LogP contribution in [0.3, 0.4) is 0 Å². The first-order valence-electron chi connectivity index (χ1n) is 6.30. The summed E-state index contributed by atoms with van der Waals surface area (Å²) in [4.78, 5) is 2.29. The van der Waals surface area contributed by atoms with Crippen LogP contribution in [-0.4, -0.2) is 18.0 Å². The Morgan fingerprint density at radius 3 is 2.47 bits per heavy atom. The molecule has 2 rings (SSSR count). The van der Waals surface area contributed by atoms with Crippen LogP contribution in [0.5, 0.6) is 0 Å². The van der Waals surface area contributed by atoms with Gasteiger partial charge < -0.3 is 5.73 Å². The van der Waals surface area contributed by atoms with Gasteiger partial charge in [-0.25, -0.2) is 0 Å². The molecule has 2 N–H and O–H groups in total. The Balaban J connectivity index is 2.17. The third-order valence-electron chi connectivity index (χ3n) is 3.20. The zero-order valence-electron chi connectivity index (χ0n) is 11.2. The van der Waals surface area contributed by atoms with E-state index in [0.717, 1.165) is 11.6 Å². The van der Waals surface area contributed by atoms with Crippen LogP contribution in [0.2, 0.25) is 5.02 Å². The van der Waals surface area contributed by atoms with Crippen molar-refractivity contribution in [1.29, 1.82) is 0 Å². The number of benzene rings is 1. The molecule has 0 aliphatic rings. The number of nitrogens with zero attached hydrogens (tertiary/aromatic N) is 1. The Morgan fingerprint density at radius 2 is 1.95 bits per heavy atom. The maximum atomic E-state index is 6.16. The van der Waals surface area contributed by atoms with Crippen molar-refractivity contribution < 1.29 is 0 Å². The lowest BCUT2D eigenvalue weighted by molar-refractivity contribution is 0.211. The number of thiophene rings is 1. The average Bonchev–Trinajstić information content (AvgIpc) is 2.84. The Kier molecular flexibility index (Phi) is 4.99. The van der Waals surface area contributed by atoms with Crippen LogP contribution in [0.25, 0.3) is 0 Å². The molecule has 0 saturated heterocycles. The van der Waals surface area contributed by atoms with Gasteiger partial charge >= 0.3 is 0 Å². The normalized spacial score (nSPS) is 14.6. The first kappa shape index (κ1) is 14.5. The largest absolute Gasteiger partial charge is 0.326 e. The SMILES string of the molecule is CC(N)C(c1ccc(Cl)cc1)N(C)Cc1ccsc1. The van der Waals surface area contributed by atoms with Crippen molar-refractivity contribution in [3.05, 3.63) is 57.2 Å². The van der Waals surface area contributed by atoms with Gasteiger partial charge in [0.05, 0.1) is 0 Å². The molecule has 19 heavy (non-hydrogen) atoms. The summed E-state index contributed by atoms with van der Waals surface area (Å²) in [6, 6.07) is 10.4. The van der Waals surface area contributed by atoms with Crippen molar-refractivity contribution in [2.24, 2.45) is 5.73 Å². The quantitative estimate of drug-likeness (QED) is 0.905. The lowest BCUT2D eigenvalue weighted by Crippen LogP contribution is -2.36. The maximum Gasteiger partial charge on any atom is 0.0496 e. The fourth-order valence-electron chi connectivity index (χ4n) is 2.39. The van der Waals surface area contributed by atoms with Crippen molar-refractivity contribution in [2.45, 2.75) is 25.6 Å². The first-order chi connectivity index (χ1) is 9.08. The summed E-state index contributed by atoms with van der Waals surface area (Å²) in [5.41, 5.74) is 8.70. The van der Waals surface area contributed by atoms with Gasteiger partial charge in [-0.3, -0.25) is 4.90 Å². The monoisotopic (exact) mass is 294 g/mol. The molecule has 4 heteroatoms. The standard InChI is InChI=1S/C15H19ClN2S/c1-11(17)15(13-3-5-14(16)6-4-13)18(2)9-12-7-8-19-10-12/h3-8,10-11,15H,9,17H2,1-2H3. The molecule has 1 aromatic heterocycles. The van der Waals surface area contributed by atoms with E-state index in [4.69, 9.17) is 17.3 Å². The lowest BCUT2D eigenvalue weighted by Gasteiger charge is -2.31. The molecule has 0 radical (unpaired) electrons. The van der Waals surface area contributed by atoms with E-state index >= 15 is 0 Å². The van der Waals surface area contributed by atoms with Gasteiger partial charge in [-0.05, 0) is 54.1 Å². The highest BCUT2D eigenvalue weighted by Gasteiger charge is 2.21. The molecular formula is C15H19ClN2S. The summed E-state index contributed by atoms with van der Waals surface area (Å²) in [7, 11) is 2.11. The van der Waals surface area contributed by atoms with Gasteiger partial charge in [0, 0.05) is 23.7 Å². The summed E-state index contributed by atoms with van der Waals surface area (Å²) in [5.74, 6) is 0. The molecule has 1 heterocycles. The summed E-state index contributed by atoms with van der Waals surface area (Å²) in [6.45, 7) is 2.95. The van der Waals surface area contributed by atoms with Crippen molar-refractivity contribution in [1.82, 2.24) is 4.90 Å². The highest BCUT2D eigenvalue weighted by Crippen LogP contribution is 2.25. The molecule has 2 atom stereocenters. The van der Waals surface area contributed by atoms with E-state index in [9.17, 15) is 0 Å². The van der Waals surface area contributed by atoms with E-state index in [1.54, 1.807) is 11.3 Å².